The SMILES string of the molecule is CCC(CC1=CC=CC1)CC(C)C. The fourth-order valence-corrected chi connectivity index (χ4v) is 2.07. The quantitative estimate of drug-likeness (QED) is 0.587. The fourth-order valence-electron chi connectivity index (χ4n) is 2.07. The highest BCUT2D eigenvalue weighted by Crippen LogP contribution is 2.26. The van der Waals surface area contributed by atoms with Crippen LogP contribution in [0.3, 0.4) is 0 Å². The molecule has 0 saturated carbocycles. The van der Waals surface area contributed by atoms with Gasteiger partial charge in [0.25, 0.3) is 0 Å². The maximum atomic E-state index is 2.32. The average Bonchev–Trinajstić information content (AvgIpc) is 2.55. The van der Waals surface area contributed by atoms with E-state index in [1.54, 1.807) is 5.57 Å². The van der Waals surface area contributed by atoms with Crippen molar-refractivity contribution < 1.29 is 0 Å². The van der Waals surface area contributed by atoms with Gasteiger partial charge >= 0.3 is 0 Å². The average molecular weight is 178 g/mol. The summed E-state index contributed by atoms with van der Waals surface area (Å²) in [6.07, 6.45) is 12.0. The van der Waals surface area contributed by atoms with Crippen molar-refractivity contribution in [3.8, 4) is 0 Å². The van der Waals surface area contributed by atoms with Gasteiger partial charge in [-0.05, 0) is 31.1 Å². The van der Waals surface area contributed by atoms with E-state index in [0.717, 1.165) is 11.8 Å². The summed E-state index contributed by atoms with van der Waals surface area (Å²) < 4.78 is 0. The predicted octanol–water partition coefficient (Wildman–Crippen LogP) is 4.34. The number of hydrogen-bond donors (Lipinski definition) is 0. The van der Waals surface area contributed by atoms with Crippen molar-refractivity contribution in [1.29, 1.82) is 0 Å². The molecule has 0 N–H and O–H groups in total. The Morgan fingerprint density at radius 3 is 2.62 bits per heavy atom. The Kier molecular flexibility index (Phi) is 4.27. The van der Waals surface area contributed by atoms with Gasteiger partial charge in [-0.2, -0.15) is 0 Å². The third kappa shape index (κ3) is 3.80. The molecule has 1 atom stereocenters. The molecule has 74 valence electrons. The van der Waals surface area contributed by atoms with Gasteiger partial charge in [-0.25, -0.2) is 0 Å². The minimum absolute atomic E-state index is 0.847. The van der Waals surface area contributed by atoms with Crippen LogP contribution in [0.2, 0.25) is 0 Å². The van der Waals surface area contributed by atoms with Crippen molar-refractivity contribution >= 4 is 0 Å². The minimum atomic E-state index is 0.847. The van der Waals surface area contributed by atoms with Gasteiger partial charge < -0.3 is 0 Å². The van der Waals surface area contributed by atoms with Crippen LogP contribution in [-0.2, 0) is 0 Å². The molecule has 0 amide bonds. The highest BCUT2D eigenvalue weighted by atomic mass is 14.2. The molecule has 0 radical (unpaired) electrons. The Bertz CT molecular complexity index is 196. The molecule has 0 aliphatic heterocycles. The molecule has 1 aliphatic carbocycles. The lowest BCUT2D eigenvalue weighted by Crippen LogP contribution is -2.04. The second-order valence-electron chi connectivity index (χ2n) is 4.57. The van der Waals surface area contributed by atoms with E-state index in [9.17, 15) is 0 Å². The number of hydrogen-bond acceptors (Lipinski definition) is 0. The normalized spacial score (nSPS) is 18.0. The zero-order chi connectivity index (χ0) is 9.68. The number of allylic oxidation sites excluding steroid dienone is 4. The van der Waals surface area contributed by atoms with Gasteiger partial charge in [-0.3, -0.25) is 0 Å². The third-order valence-electron chi connectivity index (χ3n) is 2.78. The van der Waals surface area contributed by atoms with Crippen molar-refractivity contribution in [2.45, 2.75) is 46.5 Å². The molecule has 0 aromatic heterocycles. The maximum absolute atomic E-state index is 2.32. The lowest BCUT2D eigenvalue weighted by atomic mass is 9.89. The monoisotopic (exact) mass is 178 g/mol. The van der Waals surface area contributed by atoms with Gasteiger partial charge in [0.1, 0.15) is 0 Å². The second kappa shape index (κ2) is 5.26. The minimum Gasteiger partial charge on any atom is -0.0805 e. The van der Waals surface area contributed by atoms with Crippen LogP contribution in [-0.4, -0.2) is 0 Å². The first-order chi connectivity index (χ1) is 6.22. The fraction of sp³-hybridized carbons (Fsp3) is 0.692. The first-order valence-electron chi connectivity index (χ1n) is 5.57. The largest absolute Gasteiger partial charge is 0.0805 e. The molecule has 1 rings (SSSR count). The van der Waals surface area contributed by atoms with E-state index in [1.165, 1.54) is 25.7 Å². The summed E-state index contributed by atoms with van der Waals surface area (Å²) in [6, 6.07) is 0. The van der Waals surface area contributed by atoms with Gasteiger partial charge in [-0.1, -0.05) is 51.0 Å². The summed E-state index contributed by atoms with van der Waals surface area (Å²) in [6.45, 7) is 6.96. The molecule has 0 bridgehead atoms. The Morgan fingerprint density at radius 1 is 1.38 bits per heavy atom. The molecule has 0 saturated heterocycles. The summed E-state index contributed by atoms with van der Waals surface area (Å²) in [5.74, 6) is 1.76. The molecule has 0 nitrogen and oxygen atoms in total. The van der Waals surface area contributed by atoms with Crippen molar-refractivity contribution in [3.05, 3.63) is 23.8 Å². The lowest BCUT2D eigenvalue weighted by Gasteiger charge is -2.17. The summed E-state index contributed by atoms with van der Waals surface area (Å²) in [5.41, 5.74) is 1.63. The number of rotatable bonds is 5. The molecular weight excluding hydrogens is 156 g/mol. The molecule has 0 aromatic rings. The first-order valence-corrected chi connectivity index (χ1v) is 5.57. The summed E-state index contributed by atoms with van der Waals surface area (Å²) >= 11 is 0. The lowest BCUT2D eigenvalue weighted by molar-refractivity contribution is 0.394. The van der Waals surface area contributed by atoms with Gasteiger partial charge in [0.2, 0.25) is 0 Å². The topological polar surface area (TPSA) is 0 Å². The molecular formula is C13H22. The van der Waals surface area contributed by atoms with Crippen LogP contribution in [0.5, 0.6) is 0 Å². The summed E-state index contributed by atoms with van der Waals surface area (Å²) in [7, 11) is 0. The Morgan fingerprint density at radius 2 is 2.15 bits per heavy atom. The van der Waals surface area contributed by atoms with Crippen molar-refractivity contribution in [2.24, 2.45) is 11.8 Å². The van der Waals surface area contributed by atoms with Gasteiger partial charge in [0.05, 0.1) is 0 Å². The molecule has 0 aromatic carbocycles. The maximum Gasteiger partial charge on any atom is -0.0132 e. The zero-order valence-corrected chi connectivity index (χ0v) is 9.22. The van der Waals surface area contributed by atoms with E-state index < -0.39 is 0 Å². The van der Waals surface area contributed by atoms with E-state index >= 15 is 0 Å². The van der Waals surface area contributed by atoms with E-state index in [2.05, 4.69) is 39.0 Å². The van der Waals surface area contributed by atoms with E-state index in [-0.39, 0.29) is 0 Å². The zero-order valence-electron chi connectivity index (χ0n) is 9.22. The van der Waals surface area contributed by atoms with Crippen molar-refractivity contribution in [2.75, 3.05) is 0 Å². The van der Waals surface area contributed by atoms with Crippen LogP contribution in [0.1, 0.15) is 46.5 Å². The Labute approximate surface area is 82.7 Å². The standard InChI is InChI=1S/C13H22/c1-4-12(9-11(2)3)10-13-7-5-6-8-13/h5-7,11-12H,4,8-10H2,1-3H3. The van der Waals surface area contributed by atoms with Crippen LogP contribution >= 0.6 is 0 Å². The molecule has 0 heteroatoms. The molecule has 0 heterocycles. The highest BCUT2D eigenvalue weighted by Gasteiger charge is 2.11. The van der Waals surface area contributed by atoms with Gasteiger partial charge in [0.15, 0.2) is 0 Å². The molecule has 13 heavy (non-hydrogen) atoms. The van der Waals surface area contributed by atoms with Gasteiger partial charge in [-0.15, -0.1) is 0 Å². The van der Waals surface area contributed by atoms with E-state index in [4.69, 9.17) is 0 Å². The second-order valence-corrected chi connectivity index (χ2v) is 4.57. The summed E-state index contributed by atoms with van der Waals surface area (Å²) in [4.78, 5) is 0. The molecule has 1 unspecified atom stereocenters. The van der Waals surface area contributed by atoms with Crippen LogP contribution in [0, 0.1) is 11.8 Å². The predicted molar refractivity (Wildman–Crippen MR) is 59.7 cm³/mol. The molecule has 1 aliphatic rings. The smallest absolute Gasteiger partial charge is 0.0132 e. The van der Waals surface area contributed by atoms with Crippen LogP contribution in [0.4, 0.5) is 0 Å². The van der Waals surface area contributed by atoms with E-state index in [0.29, 0.717) is 0 Å². The van der Waals surface area contributed by atoms with Crippen LogP contribution in [0.15, 0.2) is 23.8 Å². The highest BCUT2D eigenvalue weighted by molar-refractivity contribution is 5.23. The first kappa shape index (κ1) is 10.6. The molecule has 0 spiro atoms. The molecule has 0 fully saturated rings. The van der Waals surface area contributed by atoms with E-state index in [1.807, 2.05) is 0 Å². The van der Waals surface area contributed by atoms with Crippen LogP contribution < -0.4 is 0 Å². The van der Waals surface area contributed by atoms with Crippen molar-refractivity contribution in [3.63, 3.8) is 0 Å². The Balaban J connectivity index is 2.31. The third-order valence-corrected chi connectivity index (χ3v) is 2.78. The van der Waals surface area contributed by atoms with Gasteiger partial charge in [0, 0.05) is 0 Å². The summed E-state index contributed by atoms with van der Waals surface area (Å²) in [5, 5.41) is 0. The Hall–Kier alpha value is -0.520. The van der Waals surface area contributed by atoms with Crippen molar-refractivity contribution in [1.82, 2.24) is 0 Å². The van der Waals surface area contributed by atoms with Crippen LogP contribution in [0.25, 0.3) is 0 Å².